The van der Waals surface area contributed by atoms with Crippen LogP contribution in [-0.4, -0.2) is 12.1 Å². The van der Waals surface area contributed by atoms with E-state index < -0.39 is 0 Å². The number of hydrogen-bond acceptors (Lipinski definition) is 4. The first-order chi connectivity index (χ1) is 6.18. The monoisotopic (exact) mass is 200 g/mol. The highest BCUT2D eigenvalue weighted by Gasteiger charge is 2.31. The molecule has 0 saturated heterocycles. The van der Waals surface area contributed by atoms with E-state index in [-0.39, 0.29) is 5.60 Å². The molecule has 1 rings (SSSR count). The van der Waals surface area contributed by atoms with Crippen LogP contribution >= 0.6 is 11.3 Å². The first kappa shape index (κ1) is 10.5. The second-order valence-corrected chi connectivity index (χ2v) is 3.84. The van der Waals surface area contributed by atoms with E-state index in [1.54, 1.807) is 18.4 Å². The largest absolute Gasteiger partial charge is 0.383 e. The normalized spacial score (nSPS) is 11.9. The van der Waals surface area contributed by atoms with Crippen LogP contribution in [0, 0.1) is 0 Å². The molecule has 13 heavy (non-hydrogen) atoms. The number of hydrogen-bond donors (Lipinski definition) is 1. The van der Waals surface area contributed by atoms with Gasteiger partial charge in [0.05, 0.1) is 0 Å². The minimum atomic E-state index is -0.234. The molecule has 3 nitrogen and oxygen atoms in total. The zero-order valence-corrected chi connectivity index (χ0v) is 9.15. The summed E-state index contributed by atoms with van der Waals surface area (Å²) in [5.41, 5.74) is 5.35. The van der Waals surface area contributed by atoms with Crippen LogP contribution in [0.3, 0.4) is 0 Å². The van der Waals surface area contributed by atoms with E-state index in [1.165, 1.54) is 0 Å². The molecule has 0 saturated carbocycles. The molecule has 0 aliphatic heterocycles. The summed E-state index contributed by atoms with van der Waals surface area (Å²) in [5.74, 6) is 0.586. The van der Waals surface area contributed by atoms with Crippen LogP contribution in [0.1, 0.15) is 31.7 Å². The molecule has 0 radical (unpaired) electrons. The Balaban J connectivity index is 3.00. The van der Waals surface area contributed by atoms with Crippen LogP contribution in [0.25, 0.3) is 0 Å². The summed E-state index contributed by atoms with van der Waals surface area (Å²) in [7, 11) is 1.73. The molecule has 1 aromatic heterocycles. The highest BCUT2D eigenvalue weighted by atomic mass is 32.1. The molecule has 0 fully saturated rings. The predicted octanol–water partition coefficient (Wildman–Crippen LogP) is 2.39. The van der Waals surface area contributed by atoms with Crippen LogP contribution in [0.5, 0.6) is 0 Å². The van der Waals surface area contributed by atoms with E-state index in [2.05, 4.69) is 18.8 Å². The Labute approximate surface area is 82.9 Å². The van der Waals surface area contributed by atoms with Gasteiger partial charge < -0.3 is 10.5 Å². The van der Waals surface area contributed by atoms with Crippen LogP contribution in [0.4, 0.5) is 5.82 Å². The van der Waals surface area contributed by atoms with Gasteiger partial charge in [0.15, 0.2) is 0 Å². The molecule has 0 spiro atoms. The second-order valence-electron chi connectivity index (χ2n) is 2.98. The SMILES string of the molecule is CCC(CC)(OC)c1nc(N)cs1. The van der Waals surface area contributed by atoms with Gasteiger partial charge in [-0.2, -0.15) is 0 Å². The summed E-state index contributed by atoms with van der Waals surface area (Å²) < 4.78 is 5.53. The number of nitrogen functional groups attached to an aromatic ring is 1. The Kier molecular flexibility index (Phi) is 3.27. The van der Waals surface area contributed by atoms with Gasteiger partial charge in [-0.25, -0.2) is 4.98 Å². The number of anilines is 1. The maximum absolute atomic E-state index is 5.58. The van der Waals surface area contributed by atoms with Gasteiger partial charge in [0.2, 0.25) is 0 Å². The van der Waals surface area contributed by atoms with E-state index in [4.69, 9.17) is 10.5 Å². The van der Waals surface area contributed by atoms with Crippen LogP contribution in [0.2, 0.25) is 0 Å². The van der Waals surface area contributed by atoms with Gasteiger partial charge in [0.25, 0.3) is 0 Å². The Morgan fingerprint density at radius 1 is 1.54 bits per heavy atom. The lowest BCUT2D eigenvalue weighted by atomic mass is 9.98. The molecule has 0 atom stereocenters. The van der Waals surface area contributed by atoms with E-state index >= 15 is 0 Å². The molecule has 2 N–H and O–H groups in total. The average molecular weight is 200 g/mol. The third-order valence-electron chi connectivity index (χ3n) is 2.44. The minimum absolute atomic E-state index is 0.234. The molecule has 0 amide bonds. The molecule has 0 aromatic carbocycles. The third kappa shape index (κ3) is 1.84. The van der Waals surface area contributed by atoms with Gasteiger partial charge >= 0.3 is 0 Å². The lowest BCUT2D eigenvalue weighted by Gasteiger charge is -2.27. The number of nitrogens with zero attached hydrogens (tertiary/aromatic N) is 1. The lowest BCUT2D eigenvalue weighted by molar-refractivity contribution is -0.0218. The van der Waals surface area contributed by atoms with Gasteiger partial charge in [0.1, 0.15) is 16.4 Å². The molecule has 0 bridgehead atoms. The van der Waals surface area contributed by atoms with Gasteiger partial charge in [-0.05, 0) is 12.8 Å². The van der Waals surface area contributed by atoms with Crippen molar-refractivity contribution in [1.29, 1.82) is 0 Å². The first-order valence-corrected chi connectivity index (χ1v) is 5.33. The third-order valence-corrected chi connectivity index (χ3v) is 3.49. The van der Waals surface area contributed by atoms with Crippen molar-refractivity contribution in [3.05, 3.63) is 10.4 Å². The first-order valence-electron chi connectivity index (χ1n) is 4.45. The van der Waals surface area contributed by atoms with Crippen LogP contribution < -0.4 is 5.73 Å². The van der Waals surface area contributed by atoms with Gasteiger partial charge in [-0.15, -0.1) is 11.3 Å². The van der Waals surface area contributed by atoms with Gasteiger partial charge in [-0.3, -0.25) is 0 Å². The van der Waals surface area contributed by atoms with Crippen molar-refractivity contribution >= 4 is 17.2 Å². The molecule has 4 heteroatoms. The molecule has 74 valence electrons. The summed E-state index contributed by atoms with van der Waals surface area (Å²) >= 11 is 1.57. The molecular formula is C9H16N2OS. The molecule has 0 unspecified atom stereocenters. The van der Waals surface area contributed by atoms with Gasteiger partial charge in [-0.1, -0.05) is 13.8 Å². The van der Waals surface area contributed by atoms with Crippen molar-refractivity contribution in [1.82, 2.24) is 4.98 Å². The minimum Gasteiger partial charge on any atom is -0.383 e. The fraction of sp³-hybridized carbons (Fsp3) is 0.667. The number of nitrogens with two attached hydrogens (primary N) is 1. The molecule has 0 aliphatic rings. The zero-order valence-electron chi connectivity index (χ0n) is 8.33. The summed E-state index contributed by atoms with van der Waals surface area (Å²) in [6, 6.07) is 0. The van der Waals surface area contributed by atoms with E-state index in [0.29, 0.717) is 5.82 Å². The van der Waals surface area contributed by atoms with E-state index in [0.717, 1.165) is 17.8 Å². The topological polar surface area (TPSA) is 48.1 Å². The summed E-state index contributed by atoms with van der Waals surface area (Å²) in [4.78, 5) is 4.27. The quantitative estimate of drug-likeness (QED) is 0.811. The van der Waals surface area contributed by atoms with Gasteiger partial charge in [0, 0.05) is 12.5 Å². The van der Waals surface area contributed by atoms with Crippen molar-refractivity contribution in [2.75, 3.05) is 12.8 Å². The molecule has 1 aromatic rings. The number of rotatable bonds is 4. The standard InChI is InChI=1S/C9H16N2OS/c1-4-9(5-2,12-3)8-11-7(10)6-13-8/h6H,4-5,10H2,1-3H3. The fourth-order valence-corrected chi connectivity index (χ4v) is 2.45. The average Bonchev–Trinajstić information content (AvgIpc) is 2.57. The van der Waals surface area contributed by atoms with Crippen molar-refractivity contribution in [2.24, 2.45) is 0 Å². The van der Waals surface area contributed by atoms with Crippen molar-refractivity contribution in [2.45, 2.75) is 32.3 Å². The van der Waals surface area contributed by atoms with Crippen LogP contribution in [0.15, 0.2) is 5.38 Å². The van der Waals surface area contributed by atoms with Crippen molar-refractivity contribution in [3.63, 3.8) is 0 Å². The second kappa shape index (κ2) is 4.07. The Bertz CT molecular complexity index is 260. The molecular weight excluding hydrogens is 184 g/mol. The van der Waals surface area contributed by atoms with E-state index in [1.807, 2.05) is 5.38 Å². The summed E-state index contributed by atoms with van der Waals surface area (Å²) in [5, 5.41) is 2.84. The number of aromatic nitrogens is 1. The Morgan fingerprint density at radius 3 is 2.46 bits per heavy atom. The zero-order chi connectivity index (χ0) is 9.90. The summed E-state index contributed by atoms with van der Waals surface area (Å²) in [6.45, 7) is 4.20. The maximum Gasteiger partial charge on any atom is 0.134 e. The molecule has 1 heterocycles. The maximum atomic E-state index is 5.58. The smallest absolute Gasteiger partial charge is 0.134 e. The predicted molar refractivity (Wildman–Crippen MR) is 55.8 cm³/mol. The van der Waals surface area contributed by atoms with E-state index in [9.17, 15) is 0 Å². The fourth-order valence-electron chi connectivity index (χ4n) is 1.42. The number of methoxy groups -OCH3 is 1. The number of thiazole rings is 1. The van der Waals surface area contributed by atoms with Crippen LogP contribution in [-0.2, 0) is 10.3 Å². The Hall–Kier alpha value is -0.610. The lowest BCUT2D eigenvalue weighted by Crippen LogP contribution is -2.26. The summed E-state index contributed by atoms with van der Waals surface area (Å²) in [6.07, 6.45) is 1.85. The Morgan fingerprint density at radius 2 is 2.15 bits per heavy atom. The van der Waals surface area contributed by atoms with Crippen molar-refractivity contribution < 1.29 is 4.74 Å². The van der Waals surface area contributed by atoms with Crippen molar-refractivity contribution in [3.8, 4) is 0 Å². The number of ether oxygens (including phenoxy) is 1. The molecule has 0 aliphatic carbocycles. The highest BCUT2D eigenvalue weighted by Crippen LogP contribution is 2.34. The highest BCUT2D eigenvalue weighted by molar-refractivity contribution is 7.10.